The third-order valence-corrected chi connectivity index (χ3v) is 5.45. The van der Waals surface area contributed by atoms with Crippen molar-refractivity contribution < 1.29 is 14.0 Å². The van der Waals surface area contributed by atoms with Crippen LogP contribution in [0.3, 0.4) is 0 Å². The summed E-state index contributed by atoms with van der Waals surface area (Å²) in [5.74, 6) is 1.08. The first kappa shape index (κ1) is 18.0. The van der Waals surface area contributed by atoms with Gasteiger partial charge >= 0.3 is 7.12 Å². The standard InChI is InChI=1S/C21H27BO3/c1-20(2)21(3,4)25-22(24-20)15-19(16-9-7-6-8-10-16)17-11-13-18(23-5)14-12-17/h6-14,19H,15H2,1-5H3. The predicted octanol–water partition coefficient (Wildman–Crippen LogP) is 4.92. The molecule has 0 aliphatic carbocycles. The van der Waals surface area contributed by atoms with Gasteiger partial charge in [-0.25, -0.2) is 0 Å². The molecule has 1 atom stereocenters. The molecular weight excluding hydrogens is 311 g/mol. The van der Waals surface area contributed by atoms with Crippen molar-refractivity contribution in [2.45, 2.75) is 51.1 Å². The van der Waals surface area contributed by atoms with Crippen molar-refractivity contribution in [2.24, 2.45) is 0 Å². The molecule has 0 aromatic heterocycles. The third kappa shape index (κ3) is 3.75. The molecule has 1 aliphatic heterocycles. The molecule has 4 heteroatoms. The molecule has 3 nitrogen and oxygen atoms in total. The van der Waals surface area contributed by atoms with Crippen LogP contribution < -0.4 is 4.74 Å². The van der Waals surface area contributed by atoms with E-state index in [1.807, 2.05) is 18.2 Å². The largest absolute Gasteiger partial charge is 0.497 e. The summed E-state index contributed by atoms with van der Waals surface area (Å²) in [6, 6.07) is 18.8. The van der Waals surface area contributed by atoms with Crippen molar-refractivity contribution in [3.8, 4) is 5.75 Å². The van der Waals surface area contributed by atoms with Crippen LogP contribution in [-0.4, -0.2) is 25.4 Å². The minimum Gasteiger partial charge on any atom is -0.497 e. The fourth-order valence-electron chi connectivity index (χ4n) is 3.24. The van der Waals surface area contributed by atoms with E-state index in [1.165, 1.54) is 11.1 Å². The average molecular weight is 338 g/mol. The number of benzene rings is 2. The summed E-state index contributed by atoms with van der Waals surface area (Å²) in [6.07, 6.45) is 0.781. The Morgan fingerprint density at radius 1 is 0.840 bits per heavy atom. The molecule has 132 valence electrons. The SMILES string of the molecule is COc1ccc(C(CB2OC(C)(C)C(C)(C)O2)c2ccccc2)cc1. The zero-order chi connectivity index (χ0) is 18.1. The van der Waals surface area contributed by atoms with Gasteiger partial charge in [-0.15, -0.1) is 0 Å². The highest BCUT2D eigenvalue weighted by molar-refractivity contribution is 6.45. The predicted molar refractivity (Wildman–Crippen MR) is 102 cm³/mol. The minimum atomic E-state index is -0.307. The maximum Gasteiger partial charge on any atom is 0.458 e. The van der Waals surface area contributed by atoms with Gasteiger partial charge in [-0.1, -0.05) is 42.5 Å². The zero-order valence-corrected chi connectivity index (χ0v) is 15.8. The number of rotatable bonds is 5. The normalized spacial score (nSPS) is 19.6. The van der Waals surface area contributed by atoms with E-state index in [0.717, 1.165) is 12.1 Å². The molecule has 1 fully saturated rings. The molecule has 2 aromatic carbocycles. The highest BCUT2D eigenvalue weighted by Crippen LogP contribution is 2.41. The van der Waals surface area contributed by atoms with Gasteiger partial charge < -0.3 is 14.0 Å². The minimum absolute atomic E-state index is 0.210. The number of methoxy groups -OCH3 is 1. The monoisotopic (exact) mass is 338 g/mol. The summed E-state index contributed by atoms with van der Waals surface area (Å²) in [5.41, 5.74) is 1.89. The summed E-state index contributed by atoms with van der Waals surface area (Å²) in [4.78, 5) is 0. The highest BCUT2D eigenvalue weighted by atomic mass is 16.7. The summed E-state index contributed by atoms with van der Waals surface area (Å²) >= 11 is 0. The average Bonchev–Trinajstić information content (AvgIpc) is 2.80. The lowest BCUT2D eigenvalue weighted by Gasteiger charge is -2.32. The first-order valence-electron chi connectivity index (χ1n) is 8.87. The van der Waals surface area contributed by atoms with Crippen LogP contribution in [0.25, 0.3) is 0 Å². The Bertz CT molecular complexity index is 679. The molecule has 0 radical (unpaired) electrons. The van der Waals surface area contributed by atoms with Crippen LogP contribution in [0, 0.1) is 0 Å². The molecule has 2 aromatic rings. The van der Waals surface area contributed by atoms with E-state index in [4.69, 9.17) is 14.0 Å². The van der Waals surface area contributed by atoms with Crippen LogP contribution in [-0.2, 0) is 9.31 Å². The second-order valence-corrected chi connectivity index (χ2v) is 7.66. The van der Waals surface area contributed by atoms with E-state index < -0.39 is 0 Å². The molecule has 1 unspecified atom stereocenters. The van der Waals surface area contributed by atoms with E-state index in [0.29, 0.717) is 0 Å². The van der Waals surface area contributed by atoms with Gasteiger partial charge in [0.2, 0.25) is 0 Å². The molecule has 1 aliphatic rings. The van der Waals surface area contributed by atoms with Crippen molar-refractivity contribution >= 4 is 7.12 Å². The van der Waals surface area contributed by atoms with Crippen molar-refractivity contribution in [1.82, 2.24) is 0 Å². The highest BCUT2D eigenvalue weighted by Gasteiger charge is 2.51. The Kier molecular flexibility index (Phi) is 4.94. The molecule has 0 amide bonds. The summed E-state index contributed by atoms with van der Waals surface area (Å²) in [7, 11) is 1.46. The van der Waals surface area contributed by atoms with E-state index in [-0.39, 0.29) is 24.2 Å². The molecule has 25 heavy (non-hydrogen) atoms. The van der Waals surface area contributed by atoms with Gasteiger partial charge in [-0.05, 0) is 57.3 Å². The van der Waals surface area contributed by atoms with Gasteiger partial charge in [0.25, 0.3) is 0 Å². The first-order valence-corrected chi connectivity index (χ1v) is 8.87. The van der Waals surface area contributed by atoms with Crippen LogP contribution in [0.5, 0.6) is 5.75 Å². The Morgan fingerprint density at radius 3 is 1.88 bits per heavy atom. The lowest BCUT2D eigenvalue weighted by molar-refractivity contribution is 0.00578. The van der Waals surface area contributed by atoms with Gasteiger partial charge in [0, 0.05) is 5.92 Å². The number of ether oxygens (including phenoxy) is 1. The third-order valence-electron chi connectivity index (χ3n) is 5.45. The van der Waals surface area contributed by atoms with Crippen LogP contribution in [0.15, 0.2) is 54.6 Å². The lowest BCUT2D eigenvalue weighted by Crippen LogP contribution is -2.41. The van der Waals surface area contributed by atoms with Crippen LogP contribution in [0.1, 0.15) is 44.7 Å². The quantitative estimate of drug-likeness (QED) is 0.724. The molecule has 0 N–H and O–H groups in total. The zero-order valence-electron chi connectivity index (χ0n) is 15.8. The summed E-state index contributed by atoms with van der Waals surface area (Å²) in [5, 5.41) is 0. The lowest BCUT2D eigenvalue weighted by atomic mass is 9.72. The molecule has 1 saturated heterocycles. The Labute approximate surface area is 151 Å². The fourth-order valence-corrected chi connectivity index (χ4v) is 3.24. The van der Waals surface area contributed by atoms with Crippen molar-refractivity contribution in [2.75, 3.05) is 7.11 Å². The van der Waals surface area contributed by atoms with Gasteiger partial charge in [0.1, 0.15) is 5.75 Å². The van der Waals surface area contributed by atoms with E-state index in [2.05, 4.69) is 64.1 Å². The van der Waals surface area contributed by atoms with Crippen LogP contribution >= 0.6 is 0 Å². The van der Waals surface area contributed by atoms with Crippen molar-refractivity contribution in [1.29, 1.82) is 0 Å². The second kappa shape index (κ2) is 6.85. The molecule has 1 heterocycles. The topological polar surface area (TPSA) is 27.7 Å². The summed E-state index contributed by atoms with van der Waals surface area (Å²) < 4.78 is 17.8. The van der Waals surface area contributed by atoms with Gasteiger partial charge in [-0.3, -0.25) is 0 Å². The summed E-state index contributed by atoms with van der Waals surface area (Å²) in [6.45, 7) is 8.38. The van der Waals surface area contributed by atoms with Crippen LogP contribution in [0.2, 0.25) is 6.32 Å². The maximum absolute atomic E-state index is 6.24. The van der Waals surface area contributed by atoms with E-state index in [1.54, 1.807) is 7.11 Å². The molecule has 0 spiro atoms. The molecule has 0 saturated carbocycles. The second-order valence-electron chi connectivity index (χ2n) is 7.66. The van der Waals surface area contributed by atoms with Gasteiger partial charge in [-0.2, -0.15) is 0 Å². The maximum atomic E-state index is 6.24. The molecular formula is C21H27BO3. The van der Waals surface area contributed by atoms with Crippen molar-refractivity contribution in [3.05, 3.63) is 65.7 Å². The number of hydrogen-bond donors (Lipinski definition) is 0. The van der Waals surface area contributed by atoms with E-state index >= 15 is 0 Å². The molecule has 3 rings (SSSR count). The number of hydrogen-bond acceptors (Lipinski definition) is 3. The Morgan fingerprint density at radius 2 is 1.36 bits per heavy atom. The van der Waals surface area contributed by atoms with E-state index in [9.17, 15) is 0 Å². The van der Waals surface area contributed by atoms with Crippen LogP contribution in [0.4, 0.5) is 0 Å². The van der Waals surface area contributed by atoms with Crippen molar-refractivity contribution in [3.63, 3.8) is 0 Å². The fraction of sp³-hybridized carbons (Fsp3) is 0.429. The Balaban J connectivity index is 1.87. The Hall–Kier alpha value is -1.78. The van der Waals surface area contributed by atoms with Gasteiger partial charge in [0.15, 0.2) is 0 Å². The molecule has 0 bridgehead atoms. The first-order chi connectivity index (χ1) is 11.8. The van der Waals surface area contributed by atoms with Gasteiger partial charge in [0.05, 0.1) is 18.3 Å². The smallest absolute Gasteiger partial charge is 0.458 e.